The summed E-state index contributed by atoms with van der Waals surface area (Å²) < 4.78 is 17.2. The summed E-state index contributed by atoms with van der Waals surface area (Å²) in [5.41, 5.74) is 2.51. The zero-order valence-electron chi connectivity index (χ0n) is 19.6. The summed E-state index contributed by atoms with van der Waals surface area (Å²) in [5, 5.41) is 3.18. The highest BCUT2D eigenvalue weighted by Crippen LogP contribution is 2.26. The van der Waals surface area contributed by atoms with Crippen molar-refractivity contribution < 1.29 is 18.7 Å². The van der Waals surface area contributed by atoms with E-state index >= 15 is 0 Å². The van der Waals surface area contributed by atoms with Crippen LogP contribution in [0.5, 0.6) is 17.6 Å². The molecule has 1 aliphatic heterocycles. The van der Waals surface area contributed by atoms with E-state index in [9.17, 15) is 4.79 Å². The molecule has 2 heterocycles. The van der Waals surface area contributed by atoms with Crippen molar-refractivity contribution in [2.45, 2.75) is 25.3 Å². The first kappa shape index (κ1) is 22.9. The molecule has 1 saturated heterocycles. The minimum Gasteiger partial charge on any atom is -0.492 e. The van der Waals surface area contributed by atoms with Crippen LogP contribution in [0.1, 0.15) is 18.4 Å². The van der Waals surface area contributed by atoms with Crippen LogP contribution < -0.4 is 14.8 Å². The van der Waals surface area contributed by atoms with E-state index in [1.165, 1.54) is 0 Å². The number of aromatic nitrogens is 1. The summed E-state index contributed by atoms with van der Waals surface area (Å²) in [4.78, 5) is 19.0. The fourth-order valence-corrected chi connectivity index (χ4v) is 4.25. The van der Waals surface area contributed by atoms with Crippen molar-refractivity contribution in [1.29, 1.82) is 0 Å². The van der Waals surface area contributed by atoms with Crippen molar-refractivity contribution in [3.63, 3.8) is 0 Å². The van der Waals surface area contributed by atoms with Gasteiger partial charge >= 0.3 is 6.08 Å². The molecule has 1 aliphatic rings. The van der Waals surface area contributed by atoms with Crippen LogP contribution in [0.4, 0.5) is 0 Å². The van der Waals surface area contributed by atoms with Gasteiger partial charge in [-0.1, -0.05) is 42.5 Å². The first-order valence-electron chi connectivity index (χ1n) is 12.0. The van der Waals surface area contributed by atoms with Gasteiger partial charge in [-0.2, -0.15) is 4.98 Å². The second-order valence-electron chi connectivity index (χ2n) is 8.72. The first-order chi connectivity index (χ1) is 17.2. The van der Waals surface area contributed by atoms with Gasteiger partial charge in [-0.3, -0.25) is 9.69 Å². The Morgan fingerprint density at radius 2 is 1.66 bits per heavy atom. The molecule has 7 heteroatoms. The van der Waals surface area contributed by atoms with Crippen molar-refractivity contribution in [3.8, 4) is 17.6 Å². The van der Waals surface area contributed by atoms with E-state index in [-0.39, 0.29) is 18.0 Å². The minimum absolute atomic E-state index is 0.0986. The van der Waals surface area contributed by atoms with Gasteiger partial charge in [0.1, 0.15) is 23.6 Å². The maximum atomic E-state index is 12.3. The topological polar surface area (TPSA) is 76.8 Å². The van der Waals surface area contributed by atoms with Crippen molar-refractivity contribution in [3.05, 3.63) is 84.4 Å². The van der Waals surface area contributed by atoms with Crippen LogP contribution in [0.15, 0.2) is 83.3 Å². The maximum Gasteiger partial charge on any atom is 0.400 e. The smallest absolute Gasteiger partial charge is 0.400 e. The van der Waals surface area contributed by atoms with Crippen molar-refractivity contribution in [2.24, 2.45) is 0 Å². The molecular formula is C28H29N3O4. The molecule has 0 spiro atoms. The maximum absolute atomic E-state index is 12.3. The molecular weight excluding hydrogens is 442 g/mol. The lowest BCUT2D eigenvalue weighted by molar-refractivity contribution is -0.121. The molecule has 0 bridgehead atoms. The number of ether oxygens (including phenoxy) is 2. The number of nitrogens with zero attached hydrogens (tertiary/aromatic N) is 2. The standard InChI is InChI=1S/C28H29N3O4/c32-27(20-21-6-2-1-3-7-21)29-22-14-16-31(17-15-22)18-19-33-23-10-12-24(13-11-23)34-28-30-25-8-4-5-9-26(25)35-28/h1-13,22H,14-20H2,(H,29,32). The van der Waals surface area contributed by atoms with E-state index in [2.05, 4.69) is 15.2 Å². The molecule has 0 atom stereocenters. The zero-order valence-corrected chi connectivity index (χ0v) is 19.6. The molecule has 35 heavy (non-hydrogen) atoms. The molecule has 1 fully saturated rings. The normalized spacial score (nSPS) is 14.6. The highest BCUT2D eigenvalue weighted by Gasteiger charge is 2.20. The lowest BCUT2D eigenvalue weighted by atomic mass is 10.0. The van der Waals surface area contributed by atoms with Gasteiger partial charge in [-0.25, -0.2) is 0 Å². The van der Waals surface area contributed by atoms with E-state index in [1.807, 2.05) is 78.9 Å². The summed E-state index contributed by atoms with van der Waals surface area (Å²) in [7, 11) is 0. The van der Waals surface area contributed by atoms with Gasteiger partial charge in [0.05, 0.1) is 6.42 Å². The monoisotopic (exact) mass is 471 g/mol. The lowest BCUT2D eigenvalue weighted by Crippen LogP contribution is -2.45. The third-order valence-electron chi connectivity index (χ3n) is 6.14. The number of hydrogen-bond acceptors (Lipinski definition) is 6. The number of piperidine rings is 1. The SMILES string of the molecule is O=C(Cc1ccccc1)NC1CCN(CCOc2ccc(Oc3nc4ccccc4o3)cc2)CC1. The number of oxazole rings is 1. The van der Waals surface area contributed by atoms with Gasteiger partial charge in [-0.15, -0.1) is 0 Å². The molecule has 1 N–H and O–H groups in total. The molecule has 5 rings (SSSR count). The number of rotatable bonds is 9. The van der Waals surface area contributed by atoms with Gasteiger partial charge in [0.25, 0.3) is 0 Å². The molecule has 0 saturated carbocycles. The second kappa shape index (κ2) is 11.1. The molecule has 0 aliphatic carbocycles. The minimum atomic E-state index is 0.0986. The van der Waals surface area contributed by atoms with Gasteiger partial charge in [-0.05, 0) is 54.8 Å². The third kappa shape index (κ3) is 6.39. The Bertz CT molecular complexity index is 1200. The first-order valence-corrected chi connectivity index (χ1v) is 12.0. The third-order valence-corrected chi connectivity index (χ3v) is 6.14. The van der Waals surface area contributed by atoms with E-state index < -0.39 is 0 Å². The van der Waals surface area contributed by atoms with Gasteiger partial charge in [0.15, 0.2) is 5.58 Å². The van der Waals surface area contributed by atoms with Crippen LogP contribution in [-0.4, -0.2) is 48.1 Å². The van der Waals surface area contributed by atoms with E-state index in [4.69, 9.17) is 13.9 Å². The number of hydrogen-bond donors (Lipinski definition) is 1. The van der Waals surface area contributed by atoms with Crippen LogP contribution in [0, 0.1) is 0 Å². The number of carbonyl (C=O) groups is 1. The van der Waals surface area contributed by atoms with E-state index in [1.54, 1.807) is 0 Å². The molecule has 0 radical (unpaired) electrons. The number of fused-ring (bicyclic) bond motifs is 1. The Hall–Kier alpha value is -3.84. The van der Waals surface area contributed by atoms with E-state index in [0.717, 1.165) is 49.3 Å². The molecule has 1 aromatic heterocycles. The summed E-state index contributed by atoms with van der Waals surface area (Å²) in [6.07, 6.45) is 2.58. The van der Waals surface area contributed by atoms with E-state index in [0.29, 0.717) is 24.4 Å². The summed E-state index contributed by atoms with van der Waals surface area (Å²) in [5.74, 6) is 1.53. The summed E-state index contributed by atoms with van der Waals surface area (Å²) in [6.45, 7) is 3.37. The Labute approximate surface area is 204 Å². The highest BCUT2D eigenvalue weighted by molar-refractivity contribution is 5.78. The average Bonchev–Trinajstić information content (AvgIpc) is 3.29. The van der Waals surface area contributed by atoms with Gasteiger partial charge in [0, 0.05) is 25.7 Å². The Morgan fingerprint density at radius 3 is 2.43 bits per heavy atom. The fraction of sp³-hybridized carbons (Fsp3) is 0.286. The highest BCUT2D eigenvalue weighted by atomic mass is 16.6. The molecule has 7 nitrogen and oxygen atoms in total. The van der Waals surface area contributed by atoms with Crippen LogP contribution >= 0.6 is 0 Å². The molecule has 3 aromatic carbocycles. The second-order valence-corrected chi connectivity index (χ2v) is 8.72. The molecule has 0 unspecified atom stereocenters. The number of benzene rings is 3. The predicted octanol–water partition coefficient (Wildman–Crippen LogP) is 4.82. The van der Waals surface area contributed by atoms with Crippen molar-refractivity contribution in [2.75, 3.05) is 26.2 Å². The molecule has 1 amide bonds. The zero-order chi connectivity index (χ0) is 23.9. The Kier molecular flexibility index (Phi) is 7.24. The summed E-state index contributed by atoms with van der Waals surface area (Å²) in [6, 6.07) is 25.1. The van der Waals surface area contributed by atoms with Gasteiger partial charge in [0.2, 0.25) is 5.91 Å². The van der Waals surface area contributed by atoms with Gasteiger partial charge < -0.3 is 19.2 Å². The number of carbonyl (C=O) groups excluding carboxylic acids is 1. The molecule has 180 valence electrons. The number of nitrogens with one attached hydrogen (secondary N) is 1. The number of amides is 1. The Morgan fingerprint density at radius 1 is 0.943 bits per heavy atom. The van der Waals surface area contributed by atoms with Crippen molar-refractivity contribution in [1.82, 2.24) is 15.2 Å². The molecule has 4 aromatic rings. The Balaban J connectivity index is 1.00. The lowest BCUT2D eigenvalue weighted by Gasteiger charge is -2.32. The van der Waals surface area contributed by atoms with Crippen LogP contribution in [-0.2, 0) is 11.2 Å². The summed E-state index contributed by atoms with van der Waals surface area (Å²) >= 11 is 0. The average molecular weight is 472 g/mol. The quantitative estimate of drug-likeness (QED) is 0.377. The van der Waals surface area contributed by atoms with Crippen LogP contribution in [0.2, 0.25) is 0 Å². The number of para-hydroxylation sites is 2. The van der Waals surface area contributed by atoms with Crippen molar-refractivity contribution >= 4 is 17.0 Å². The van der Waals surface area contributed by atoms with Crippen LogP contribution in [0.25, 0.3) is 11.1 Å². The van der Waals surface area contributed by atoms with Crippen LogP contribution in [0.3, 0.4) is 0 Å². The predicted molar refractivity (Wildman–Crippen MR) is 134 cm³/mol. The largest absolute Gasteiger partial charge is 0.492 e. The fourth-order valence-electron chi connectivity index (χ4n) is 4.25. The number of likely N-dealkylation sites (tertiary alicyclic amines) is 1.